The Labute approximate surface area is 201 Å². The Balaban J connectivity index is 1.24. The van der Waals surface area contributed by atoms with E-state index in [0.717, 1.165) is 66.8 Å². The number of H-pyrrole nitrogens is 1. The van der Waals surface area contributed by atoms with E-state index < -0.39 is 0 Å². The molecule has 1 amide bonds. The molecule has 34 heavy (non-hydrogen) atoms. The first-order valence-electron chi connectivity index (χ1n) is 12.5. The van der Waals surface area contributed by atoms with Crippen molar-refractivity contribution in [2.45, 2.75) is 39.0 Å². The lowest BCUT2D eigenvalue weighted by Crippen LogP contribution is -2.46. The molecule has 1 aliphatic rings. The zero-order chi connectivity index (χ0) is 23.7. The number of para-hydroxylation sites is 2. The molecule has 0 aliphatic carbocycles. The largest absolute Gasteiger partial charge is 0.460 e. The van der Waals surface area contributed by atoms with Gasteiger partial charge in [-0.3, -0.25) is 4.79 Å². The van der Waals surface area contributed by atoms with Crippen LogP contribution in [0.2, 0.25) is 0 Å². The fourth-order valence-electron chi connectivity index (χ4n) is 5.42. The van der Waals surface area contributed by atoms with E-state index in [0.29, 0.717) is 11.6 Å². The number of nitrogens with one attached hydrogen (secondary N) is 1. The SMILES string of the molecule is CCN(CC1CCCN(CC(C)(C)c2cc3ccccc3o2)C1)C(=O)c1cc2ccccc2[nH]1. The predicted molar refractivity (Wildman–Crippen MR) is 138 cm³/mol. The van der Waals surface area contributed by atoms with Crippen LogP contribution >= 0.6 is 0 Å². The maximum atomic E-state index is 13.3. The molecule has 5 rings (SSSR count). The second kappa shape index (κ2) is 9.30. The number of carbonyl (C=O) groups is 1. The van der Waals surface area contributed by atoms with Gasteiger partial charge in [0.2, 0.25) is 0 Å². The number of hydrogen-bond acceptors (Lipinski definition) is 3. The van der Waals surface area contributed by atoms with E-state index in [4.69, 9.17) is 4.42 Å². The predicted octanol–water partition coefficient (Wildman–Crippen LogP) is 6.07. The van der Waals surface area contributed by atoms with E-state index in [1.165, 1.54) is 6.42 Å². The van der Waals surface area contributed by atoms with Gasteiger partial charge in [0.1, 0.15) is 17.0 Å². The highest BCUT2D eigenvalue weighted by atomic mass is 16.3. The van der Waals surface area contributed by atoms with Crippen LogP contribution in [0.15, 0.2) is 65.1 Å². The van der Waals surface area contributed by atoms with Gasteiger partial charge >= 0.3 is 0 Å². The Morgan fingerprint density at radius 1 is 1.12 bits per heavy atom. The molecule has 5 heteroatoms. The summed E-state index contributed by atoms with van der Waals surface area (Å²) in [6.45, 7) is 11.2. The molecule has 5 nitrogen and oxygen atoms in total. The number of fused-ring (bicyclic) bond motifs is 2. The van der Waals surface area contributed by atoms with Crippen molar-refractivity contribution in [1.82, 2.24) is 14.8 Å². The molecule has 2 aromatic carbocycles. The Kier molecular flexibility index (Phi) is 6.22. The summed E-state index contributed by atoms with van der Waals surface area (Å²) in [7, 11) is 0. The number of likely N-dealkylation sites (tertiary alicyclic amines) is 1. The van der Waals surface area contributed by atoms with E-state index in [1.54, 1.807) is 0 Å². The van der Waals surface area contributed by atoms with Gasteiger partial charge in [0, 0.05) is 47.9 Å². The molecule has 2 aromatic heterocycles. The van der Waals surface area contributed by atoms with Gasteiger partial charge in [-0.15, -0.1) is 0 Å². The zero-order valence-electron chi connectivity index (χ0n) is 20.5. The lowest BCUT2D eigenvalue weighted by Gasteiger charge is -2.38. The van der Waals surface area contributed by atoms with E-state index in [9.17, 15) is 4.79 Å². The average molecular weight is 458 g/mol. The highest BCUT2D eigenvalue weighted by Crippen LogP contribution is 2.31. The molecule has 1 aliphatic heterocycles. The first-order chi connectivity index (χ1) is 16.4. The molecule has 1 atom stereocenters. The Bertz CT molecular complexity index is 1220. The number of nitrogens with zero attached hydrogens (tertiary/aromatic N) is 2. The molecular weight excluding hydrogens is 422 g/mol. The van der Waals surface area contributed by atoms with Crippen molar-refractivity contribution in [3.05, 3.63) is 72.1 Å². The average Bonchev–Trinajstić information content (AvgIpc) is 3.47. The Morgan fingerprint density at radius 3 is 2.65 bits per heavy atom. The maximum Gasteiger partial charge on any atom is 0.270 e. The molecule has 1 fully saturated rings. The second-order valence-electron chi connectivity index (χ2n) is 10.4. The topological polar surface area (TPSA) is 52.5 Å². The number of benzene rings is 2. The van der Waals surface area contributed by atoms with Gasteiger partial charge < -0.3 is 19.2 Å². The summed E-state index contributed by atoms with van der Waals surface area (Å²) in [5, 5.41) is 2.25. The van der Waals surface area contributed by atoms with E-state index >= 15 is 0 Å². The second-order valence-corrected chi connectivity index (χ2v) is 10.4. The Hall–Kier alpha value is -3.05. The summed E-state index contributed by atoms with van der Waals surface area (Å²) in [6.07, 6.45) is 2.33. The standard InChI is InChI=1S/C29H35N3O2/c1-4-32(28(33)25-16-22-11-5-7-13-24(22)30-25)19-21-10-9-15-31(18-21)20-29(2,3)27-17-23-12-6-8-14-26(23)34-27/h5-8,11-14,16-17,21,30H,4,9-10,15,18-20H2,1-3H3. The molecule has 0 saturated carbocycles. The molecule has 1 N–H and O–H groups in total. The van der Waals surface area contributed by atoms with Crippen molar-refractivity contribution >= 4 is 27.8 Å². The van der Waals surface area contributed by atoms with Crippen molar-refractivity contribution in [2.24, 2.45) is 5.92 Å². The summed E-state index contributed by atoms with van der Waals surface area (Å²) < 4.78 is 6.21. The van der Waals surface area contributed by atoms with Gasteiger partial charge in [-0.05, 0) is 56.5 Å². The molecule has 0 spiro atoms. The zero-order valence-corrected chi connectivity index (χ0v) is 20.5. The third kappa shape index (κ3) is 4.62. The molecule has 1 saturated heterocycles. The molecule has 0 bridgehead atoms. The van der Waals surface area contributed by atoms with Crippen LogP contribution < -0.4 is 0 Å². The number of rotatable bonds is 7. The van der Waals surface area contributed by atoms with Gasteiger partial charge in [-0.1, -0.05) is 50.2 Å². The van der Waals surface area contributed by atoms with Crippen LogP contribution in [0.4, 0.5) is 0 Å². The van der Waals surface area contributed by atoms with E-state index in [1.807, 2.05) is 47.4 Å². The van der Waals surface area contributed by atoms with Crippen molar-refractivity contribution < 1.29 is 9.21 Å². The number of carbonyl (C=O) groups excluding carboxylic acids is 1. The van der Waals surface area contributed by atoms with Gasteiger partial charge in [0.25, 0.3) is 5.91 Å². The number of piperidine rings is 1. The van der Waals surface area contributed by atoms with Crippen LogP contribution in [0.3, 0.4) is 0 Å². The summed E-state index contributed by atoms with van der Waals surface area (Å²) in [5.41, 5.74) is 2.57. The minimum Gasteiger partial charge on any atom is -0.460 e. The molecular formula is C29H35N3O2. The summed E-state index contributed by atoms with van der Waals surface area (Å²) >= 11 is 0. The van der Waals surface area contributed by atoms with Crippen molar-refractivity contribution in [3.63, 3.8) is 0 Å². The third-order valence-corrected chi connectivity index (χ3v) is 7.22. The third-order valence-electron chi connectivity index (χ3n) is 7.22. The summed E-state index contributed by atoms with van der Waals surface area (Å²) in [4.78, 5) is 21.1. The smallest absolute Gasteiger partial charge is 0.270 e. The van der Waals surface area contributed by atoms with Crippen LogP contribution in [-0.4, -0.2) is 53.4 Å². The molecule has 178 valence electrons. The molecule has 1 unspecified atom stereocenters. The van der Waals surface area contributed by atoms with Crippen LogP contribution in [-0.2, 0) is 5.41 Å². The number of furan rings is 1. The van der Waals surface area contributed by atoms with Gasteiger partial charge in [0.05, 0.1) is 0 Å². The minimum atomic E-state index is -0.0778. The first kappa shape index (κ1) is 22.7. The van der Waals surface area contributed by atoms with Crippen molar-refractivity contribution in [3.8, 4) is 0 Å². The lowest BCUT2D eigenvalue weighted by molar-refractivity contribution is 0.0668. The van der Waals surface area contributed by atoms with Crippen molar-refractivity contribution in [2.75, 3.05) is 32.7 Å². The first-order valence-corrected chi connectivity index (χ1v) is 12.5. The van der Waals surface area contributed by atoms with Gasteiger partial charge in [-0.2, -0.15) is 0 Å². The van der Waals surface area contributed by atoms with E-state index in [2.05, 4.69) is 48.9 Å². The van der Waals surface area contributed by atoms with Gasteiger partial charge in [-0.25, -0.2) is 0 Å². The van der Waals surface area contributed by atoms with E-state index in [-0.39, 0.29) is 11.3 Å². The maximum absolute atomic E-state index is 13.3. The van der Waals surface area contributed by atoms with Gasteiger partial charge in [0.15, 0.2) is 0 Å². The molecule has 4 aromatic rings. The molecule has 3 heterocycles. The number of aromatic amines is 1. The number of aromatic nitrogens is 1. The fourth-order valence-corrected chi connectivity index (χ4v) is 5.42. The fraction of sp³-hybridized carbons (Fsp3) is 0.414. The summed E-state index contributed by atoms with van der Waals surface area (Å²) in [6, 6.07) is 20.5. The number of hydrogen-bond donors (Lipinski definition) is 1. The van der Waals surface area contributed by atoms with Crippen molar-refractivity contribution in [1.29, 1.82) is 0 Å². The monoisotopic (exact) mass is 457 g/mol. The highest BCUT2D eigenvalue weighted by Gasteiger charge is 2.31. The minimum absolute atomic E-state index is 0.0778. The lowest BCUT2D eigenvalue weighted by atomic mass is 9.87. The molecule has 0 radical (unpaired) electrons. The Morgan fingerprint density at radius 2 is 1.88 bits per heavy atom. The van der Waals surface area contributed by atoms with Crippen LogP contribution in [0.5, 0.6) is 0 Å². The highest BCUT2D eigenvalue weighted by molar-refractivity contribution is 5.98. The summed E-state index contributed by atoms with van der Waals surface area (Å²) in [5.74, 6) is 1.62. The van der Waals surface area contributed by atoms with Crippen LogP contribution in [0.1, 0.15) is 49.9 Å². The normalized spacial score (nSPS) is 17.4. The quantitative estimate of drug-likeness (QED) is 0.367. The van der Waals surface area contributed by atoms with Crippen LogP contribution in [0.25, 0.3) is 21.9 Å². The van der Waals surface area contributed by atoms with Crippen LogP contribution in [0, 0.1) is 5.92 Å². The number of amides is 1.